The lowest BCUT2D eigenvalue weighted by Crippen LogP contribution is -2.62. The molecule has 0 bridgehead atoms. The van der Waals surface area contributed by atoms with E-state index in [2.05, 4.69) is 51.6 Å². The summed E-state index contributed by atoms with van der Waals surface area (Å²) in [5.74, 6) is 1.25. The maximum Gasteiger partial charge on any atom is 0.312 e. The molecule has 3 saturated carbocycles. The number of aromatic amines is 1. The second-order valence-electron chi connectivity index (χ2n) is 17.3. The van der Waals surface area contributed by atoms with Crippen molar-refractivity contribution in [3.63, 3.8) is 0 Å². The molecule has 4 aliphatic carbocycles. The molecular formula is C44H50FNO6. The summed E-state index contributed by atoms with van der Waals surface area (Å²) in [5.41, 5.74) is 4.29. The first kappa shape index (κ1) is 36.0. The fourth-order valence-electron chi connectivity index (χ4n) is 11.3. The largest absolute Gasteiger partial charge is 0.452 e. The van der Waals surface area contributed by atoms with Crippen molar-refractivity contribution in [1.29, 1.82) is 0 Å². The Hall–Kier alpha value is -4.38. The lowest BCUT2D eigenvalue weighted by atomic mass is 9.34. The predicted octanol–water partition coefficient (Wildman–Crippen LogP) is 9.38. The normalized spacial score (nSPS) is 33.3. The molecule has 3 fully saturated rings. The van der Waals surface area contributed by atoms with Gasteiger partial charge in [0.2, 0.25) is 0 Å². The highest BCUT2D eigenvalue weighted by Crippen LogP contribution is 2.75. The van der Waals surface area contributed by atoms with Gasteiger partial charge in [-0.25, -0.2) is 4.39 Å². The van der Waals surface area contributed by atoms with Crippen LogP contribution in [0.15, 0.2) is 42.1 Å². The van der Waals surface area contributed by atoms with Crippen molar-refractivity contribution in [2.45, 2.75) is 112 Å². The van der Waals surface area contributed by atoms with Crippen LogP contribution in [0.5, 0.6) is 11.5 Å². The SMILES string of the molecule is C#CCOC(=O)[C@]1(C)CC[C@]2(C)CC[C@]3(C)C4=C[C@@H](c5c[nH]c6ccc(F)cc56)c5c(cc(OC(C)=O)c(OC(C)=O)c5C)[C@]4(C)CC[C@@]3(C)[C@@H]2C1. The Labute approximate surface area is 306 Å². The van der Waals surface area contributed by atoms with Crippen molar-refractivity contribution in [3.8, 4) is 23.8 Å². The topological polar surface area (TPSA) is 94.7 Å². The summed E-state index contributed by atoms with van der Waals surface area (Å²) >= 11 is 0. The summed E-state index contributed by atoms with van der Waals surface area (Å²) in [4.78, 5) is 41.8. The molecule has 0 amide bonds. The number of carbonyl (C=O) groups is 3. The zero-order valence-corrected chi connectivity index (χ0v) is 31.7. The van der Waals surface area contributed by atoms with Crippen LogP contribution in [-0.4, -0.2) is 29.5 Å². The highest BCUT2D eigenvalue weighted by atomic mass is 19.1. The zero-order valence-electron chi connectivity index (χ0n) is 31.7. The van der Waals surface area contributed by atoms with Gasteiger partial charge >= 0.3 is 17.9 Å². The predicted molar refractivity (Wildman–Crippen MR) is 197 cm³/mol. The first-order valence-electron chi connectivity index (χ1n) is 18.6. The van der Waals surface area contributed by atoms with Gasteiger partial charge in [-0.1, -0.05) is 45.3 Å². The molecule has 0 spiro atoms. The van der Waals surface area contributed by atoms with E-state index in [0.717, 1.165) is 72.5 Å². The number of rotatable bonds is 5. The number of H-pyrrole nitrogens is 1. The number of nitrogens with one attached hydrogen (secondary N) is 1. The van der Waals surface area contributed by atoms with E-state index >= 15 is 0 Å². The smallest absolute Gasteiger partial charge is 0.312 e. The Kier molecular flexibility index (Phi) is 8.36. The molecule has 1 aromatic heterocycles. The number of ether oxygens (including phenoxy) is 3. The molecule has 8 heteroatoms. The third-order valence-corrected chi connectivity index (χ3v) is 14.4. The van der Waals surface area contributed by atoms with Crippen molar-refractivity contribution in [2.75, 3.05) is 6.61 Å². The maximum absolute atomic E-state index is 14.9. The third kappa shape index (κ3) is 5.16. The van der Waals surface area contributed by atoms with E-state index in [1.165, 1.54) is 25.5 Å². The minimum atomic E-state index is -0.629. The van der Waals surface area contributed by atoms with E-state index in [-0.39, 0.29) is 58.0 Å². The Bertz CT molecular complexity index is 2110. The average Bonchev–Trinajstić information content (AvgIpc) is 3.50. The highest BCUT2D eigenvalue weighted by Gasteiger charge is 2.67. The standard InChI is InChI=1S/C44H50FNO6/c1-10-19-50-39(49)41(6)14-13-40(5)15-17-43(8)35-21-30(31-24-46-33-12-11-28(45)20-29(31)33)37-25(2)38(52-27(4)48)34(51-26(3)47)22-32(37)42(35,7)16-18-44(43,9)36(40)23-41/h1,11-12,20-22,24,30,36,46H,13-19,23H2,2-9H3/t30-,36+,40+,41+,42-,43+,44-/m0/s1. The highest BCUT2D eigenvalue weighted by molar-refractivity contribution is 5.86. The minimum absolute atomic E-state index is 0.0248. The molecule has 1 N–H and O–H groups in total. The van der Waals surface area contributed by atoms with Crippen molar-refractivity contribution in [3.05, 3.63) is 70.2 Å². The molecular weight excluding hydrogens is 657 g/mol. The number of hydrogen-bond donors (Lipinski definition) is 1. The number of benzene rings is 2. The van der Waals surface area contributed by atoms with E-state index in [0.29, 0.717) is 5.56 Å². The van der Waals surface area contributed by atoms with Gasteiger partial charge < -0.3 is 19.2 Å². The third-order valence-electron chi connectivity index (χ3n) is 14.4. The zero-order chi connectivity index (χ0) is 37.6. The van der Waals surface area contributed by atoms with E-state index in [1.54, 1.807) is 12.1 Å². The second-order valence-corrected chi connectivity index (χ2v) is 17.3. The van der Waals surface area contributed by atoms with Crippen LogP contribution in [0.3, 0.4) is 0 Å². The molecule has 0 unspecified atom stereocenters. The average molecular weight is 708 g/mol. The fourth-order valence-corrected chi connectivity index (χ4v) is 11.3. The lowest BCUT2D eigenvalue weighted by Gasteiger charge is -2.70. The van der Waals surface area contributed by atoms with Crippen LogP contribution in [-0.2, 0) is 24.5 Å². The van der Waals surface area contributed by atoms with Gasteiger partial charge in [0.25, 0.3) is 0 Å². The van der Waals surface area contributed by atoms with Crippen molar-refractivity contribution < 1.29 is 33.0 Å². The Balaban J connectivity index is 1.45. The molecule has 52 heavy (non-hydrogen) atoms. The first-order valence-corrected chi connectivity index (χ1v) is 18.6. The molecule has 4 aliphatic rings. The van der Waals surface area contributed by atoms with Crippen LogP contribution in [0.1, 0.15) is 122 Å². The first-order chi connectivity index (χ1) is 24.4. The number of esters is 3. The molecule has 7 nitrogen and oxygen atoms in total. The summed E-state index contributed by atoms with van der Waals surface area (Å²) < 4.78 is 32.0. The Morgan fingerprint density at radius 1 is 0.962 bits per heavy atom. The van der Waals surface area contributed by atoms with Gasteiger partial charge in [0.05, 0.1) is 5.41 Å². The van der Waals surface area contributed by atoms with Crippen molar-refractivity contribution in [1.82, 2.24) is 4.98 Å². The number of fused-ring (bicyclic) bond motifs is 8. The molecule has 7 rings (SSSR count). The van der Waals surface area contributed by atoms with E-state index in [4.69, 9.17) is 20.6 Å². The van der Waals surface area contributed by atoms with Crippen LogP contribution in [0, 0.1) is 52.7 Å². The van der Waals surface area contributed by atoms with Gasteiger partial charge in [-0.3, -0.25) is 14.4 Å². The van der Waals surface area contributed by atoms with Gasteiger partial charge in [0.1, 0.15) is 5.82 Å². The van der Waals surface area contributed by atoms with Crippen LogP contribution >= 0.6 is 0 Å². The summed E-state index contributed by atoms with van der Waals surface area (Å²) in [5, 5.41) is 0.780. The number of terminal acetylenes is 1. The lowest BCUT2D eigenvalue weighted by molar-refractivity contribution is -0.180. The van der Waals surface area contributed by atoms with Crippen LogP contribution in [0.2, 0.25) is 0 Å². The molecule has 0 saturated heterocycles. The molecule has 2 aromatic carbocycles. The molecule has 1 heterocycles. The minimum Gasteiger partial charge on any atom is -0.452 e. The van der Waals surface area contributed by atoms with Gasteiger partial charge in [-0.15, -0.1) is 6.42 Å². The Morgan fingerprint density at radius 3 is 2.37 bits per heavy atom. The summed E-state index contributed by atoms with van der Waals surface area (Å²) in [6, 6.07) is 6.69. The van der Waals surface area contributed by atoms with Crippen LogP contribution in [0.25, 0.3) is 10.9 Å². The summed E-state index contributed by atoms with van der Waals surface area (Å²) in [6.07, 6.45) is 16.0. The van der Waals surface area contributed by atoms with E-state index < -0.39 is 22.8 Å². The monoisotopic (exact) mass is 707 g/mol. The van der Waals surface area contributed by atoms with E-state index in [9.17, 15) is 18.8 Å². The number of halogens is 1. The quantitative estimate of drug-likeness (QED) is 0.123. The van der Waals surface area contributed by atoms with E-state index in [1.807, 2.05) is 19.2 Å². The van der Waals surface area contributed by atoms with Crippen LogP contribution in [0.4, 0.5) is 4.39 Å². The number of allylic oxidation sites excluding steroid dienone is 2. The van der Waals surface area contributed by atoms with Gasteiger partial charge in [0.15, 0.2) is 18.1 Å². The Morgan fingerprint density at radius 2 is 1.67 bits per heavy atom. The second kappa shape index (κ2) is 12.1. The van der Waals surface area contributed by atoms with Gasteiger partial charge in [0, 0.05) is 47.8 Å². The van der Waals surface area contributed by atoms with Gasteiger partial charge in [-0.2, -0.15) is 0 Å². The van der Waals surface area contributed by atoms with Gasteiger partial charge in [-0.05, 0) is 122 Å². The molecule has 0 radical (unpaired) electrons. The fraction of sp³-hybridized carbons (Fsp3) is 0.523. The van der Waals surface area contributed by atoms with Crippen molar-refractivity contribution in [2.24, 2.45) is 27.6 Å². The number of carbonyl (C=O) groups excluding carboxylic acids is 3. The van der Waals surface area contributed by atoms with Crippen molar-refractivity contribution >= 4 is 28.8 Å². The molecule has 274 valence electrons. The number of hydrogen-bond acceptors (Lipinski definition) is 6. The van der Waals surface area contributed by atoms with Crippen LogP contribution < -0.4 is 9.47 Å². The molecule has 0 aliphatic heterocycles. The molecule has 3 aromatic rings. The molecule has 7 atom stereocenters. The summed E-state index contributed by atoms with van der Waals surface area (Å²) in [7, 11) is 0. The maximum atomic E-state index is 14.9. The number of aromatic nitrogens is 1. The summed E-state index contributed by atoms with van der Waals surface area (Å²) in [6.45, 7) is 16.2.